The number of hydrogen-bond donors (Lipinski definition) is 2. The van der Waals surface area contributed by atoms with Crippen molar-refractivity contribution in [1.29, 1.82) is 0 Å². The van der Waals surface area contributed by atoms with Crippen LogP contribution < -0.4 is 10.6 Å². The Morgan fingerprint density at radius 2 is 2.56 bits per heavy atom. The van der Waals surface area contributed by atoms with Crippen LogP contribution in [0.5, 0.6) is 0 Å². The maximum absolute atomic E-state index is 3.41. The minimum atomic E-state index is 0.514. The van der Waals surface area contributed by atoms with Gasteiger partial charge in [0.1, 0.15) is 0 Å². The molecule has 2 rings (SSSR count). The van der Waals surface area contributed by atoms with E-state index in [2.05, 4.69) is 17.7 Å². The molecule has 0 aromatic heterocycles. The second-order valence-corrected chi connectivity index (χ2v) is 3.27. The molecule has 2 unspecified atom stereocenters. The summed E-state index contributed by atoms with van der Waals surface area (Å²) in [6.45, 7) is 2.43. The van der Waals surface area contributed by atoms with E-state index in [9.17, 15) is 0 Å². The fraction of sp³-hybridized carbons (Fsp3) is 1.00. The van der Waals surface area contributed by atoms with E-state index in [0.717, 1.165) is 5.92 Å². The molecule has 1 aliphatic heterocycles. The van der Waals surface area contributed by atoms with Crippen LogP contribution in [0.3, 0.4) is 0 Å². The van der Waals surface area contributed by atoms with E-state index in [-0.39, 0.29) is 0 Å². The average Bonchev–Trinajstić information content (AvgIpc) is 2.10. The summed E-state index contributed by atoms with van der Waals surface area (Å²) >= 11 is 0. The first-order chi connectivity index (χ1) is 4.37. The predicted molar refractivity (Wildman–Crippen MR) is 37.4 cm³/mol. The monoisotopic (exact) mass is 126 g/mol. The Kier molecular flexibility index (Phi) is 1.08. The highest BCUT2D eigenvalue weighted by molar-refractivity contribution is 5.08. The van der Waals surface area contributed by atoms with Crippen molar-refractivity contribution >= 4 is 0 Å². The quantitative estimate of drug-likeness (QED) is 0.515. The number of hydrogen-bond acceptors (Lipinski definition) is 2. The lowest BCUT2D eigenvalue weighted by atomic mass is 9.69. The van der Waals surface area contributed by atoms with Gasteiger partial charge in [-0.15, -0.1) is 0 Å². The average molecular weight is 126 g/mol. The molecule has 2 heteroatoms. The smallest absolute Gasteiger partial charge is 0.0344 e. The van der Waals surface area contributed by atoms with Crippen molar-refractivity contribution in [1.82, 2.24) is 10.6 Å². The summed E-state index contributed by atoms with van der Waals surface area (Å²) < 4.78 is 0. The van der Waals surface area contributed by atoms with E-state index in [4.69, 9.17) is 0 Å². The lowest BCUT2D eigenvalue weighted by Crippen LogP contribution is -2.56. The van der Waals surface area contributed by atoms with Crippen LogP contribution in [0.1, 0.15) is 12.8 Å². The molecular formula is C7H14N2. The summed E-state index contributed by atoms with van der Waals surface area (Å²) in [5.41, 5.74) is 0.514. The standard InChI is InChI=1S/C7H14N2/c1-8-7-3-2-6(7)4-9-5-7/h6,8-9H,2-5H2,1H3. The number of nitrogens with one attached hydrogen (secondary N) is 2. The van der Waals surface area contributed by atoms with E-state index < -0.39 is 0 Å². The first-order valence-electron chi connectivity index (χ1n) is 3.77. The van der Waals surface area contributed by atoms with Crippen molar-refractivity contribution in [2.24, 2.45) is 5.92 Å². The van der Waals surface area contributed by atoms with Gasteiger partial charge in [-0.3, -0.25) is 0 Å². The molecular weight excluding hydrogens is 112 g/mol. The summed E-state index contributed by atoms with van der Waals surface area (Å²) in [4.78, 5) is 0. The van der Waals surface area contributed by atoms with Crippen molar-refractivity contribution in [2.75, 3.05) is 20.1 Å². The molecule has 1 saturated carbocycles. The van der Waals surface area contributed by atoms with E-state index >= 15 is 0 Å². The van der Waals surface area contributed by atoms with Gasteiger partial charge in [0.15, 0.2) is 0 Å². The van der Waals surface area contributed by atoms with Crippen LogP contribution in [0.25, 0.3) is 0 Å². The molecule has 0 aromatic rings. The Balaban J connectivity index is 2.10. The molecule has 0 aromatic carbocycles. The Morgan fingerprint density at radius 3 is 2.89 bits per heavy atom. The van der Waals surface area contributed by atoms with E-state index in [0.29, 0.717) is 5.54 Å². The van der Waals surface area contributed by atoms with Gasteiger partial charge in [-0.2, -0.15) is 0 Å². The number of likely N-dealkylation sites (N-methyl/N-ethyl adjacent to an activating group) is 1. The van der Waals surface area contributed by atoms with Crippen LogP contribution in [0.2, 0.25) is 0 Å². The Morgan fingerprint density at radius 1 is 1.67 bits per heavy atom. The lowest BCUT2D eigenvalue weighted by molar-refractivity contribution is 0.148. The molecule has 9 heavy (non-hydrogen) atoms. The molecule has 0 amide bonds. The molecule has 52 valence electrons. The highest BCUT2D eigenvalue weighted by atomic mass is 15.1. The summed E-state index contributed by atoms with van der Waals surface area (Å²) in [6.07, 6.45) is 2.80. The first kappa shape index (κ1) is 5.69. The van der Waals surface area contributed by atoms with E-state index in [1.165, 1.54) is 25.9 Å². The van der Waals surface area contributed by atoms with E-state index in [1.807, 2.05) is 0 Å². The van der Waals surface area contributed by atoms with Crippen LogP contribution in [-0.4, -0.2) is 25.7 Å². The van der Waals surface area contributed by atoms with Gasteiger partial charge in [0.2, 0.25) is 0 Å². The SMILES string of the molecule is CNC12CCC1CNC2. The van der Waals surface area contributed by atoms with Gasteiger partial charge >= 0.3 is 0 Å². The van der Waals surface area contributed by atoms with Gasteiger partial charge in [0, 0.05) is 12.1 Å². The van der Waals surface area contributed by atoms with Crippen molar-refractivity contribution in [3.8, 4) is 0 Å². The maximum atomic E-state index is 3.41. The Hall–Kier alpha value is -0.0800. The van der Waals surface area contributed by atoms with Crippen LogP contribution in [0.4, 0.5) is 0 Å². The second-order valence-electron chi connectivity index (χ2n) is 3.27. The van der Waals surface area contributed by atoms with Gasteiger partial charge in [-0.05, 0) is 32.4 Å². The van der Waals surface area contributed by atoms with Crippen LogP contribution in [0, 0.1) is 5.92 Å². The predicted octanol–water partition coefficient (Wildman–Crippen LogP) is -0.0422. The summed E-state index contributed by atoms with van der Waals surface area (Å²) in [7, 11) is 2.08. The zero-order chi connectivity index (χ0) is 6.32. The molecule has 2 aliphatic rings. The largest absolute Gasteiger partial charge is 0.315 e. The Labute approximate surface area is 56.0 Å². The van der Waals surface area contributed by atoms with Gasteiger partial charge in [0.25, 0.3) is 0 Å². The van der Waals surface area contributed by atoms with Gasteiger partial charge in [0.05, 0.1) is 0 Å². The summed E-state index contributed by atoms with van der Waals surface area (Å²) in [6, 6.07) is 0. The molecule has 2 atom stereocenters. The molecule has 2 nitrogen and oxygen atoms in total. The first-order valence-corrected chi connectivity index (χ1v) is 3.77. The third-order valence-corrected chi connectivity index (χ3v) is 3.05. The fourth-order valence-electron chi connectivity index (χ4n) is 2.11. The van der Waals surface area contributed by atoms with Gasteiger partial charge < -0.3 is 10.6 Å². The third kappa shape index (κ3) is 0.578. The molecule has 1 heterocycles. The molecule has 0 bridgehead atoms. The van der Waals surface area contributed by atoms with Gasteiger partial charge in [-0.25, -0.2) is 0 Å². The topological polar surface area (TPSA) is 24.1 Å². The lowest BCUT2D eigenvalue weighted by Gasteiger charge is -2.44. The number of rotatable bonds is 1. The molecule has 0 radical (unpaired) electrons. The molecule has 2 fully saturated rings. The molecule has 1 aliphatic carbocycles. The molecule has 2 N–H and O–H groups in total. The highest BCUT2D eigenvalue weighted by Gasteiger charge is 2.48. The van der Waals surface area contributed by atoms with Crippen molar-refractivity contribution in [3.05, 3.63) is 0 Å². The molecule has 1 saturated heterocycles. The second kappa shape index (κ2) is 1.70. The van der Waals surface area contributed by atoms with Crippen LogP contribution >= 0.6 is 0 Å². The summed E-state index contributed by atoms with van der Waals surface area (Å²) in [5, 5.41) is 6.83. The van der Waals surface area contributed by atoms with Crippen molar-refractivity contribution < 1.29 is 0 Å². The molecule has 0 spiro atoms. The minimum Gasteiger partial charge on any atom is -0.315 e. The van der Waals surface area contributed by atoms with Gasteiger partial charge in [-0.1, -0.05) is 0 Å². The zero-order valence-corrected chi connectivity index (χ0v) is 5.91. The fourth-order valence-corrected chi connectivity index (χ4v) is 2.11. The minimum absolute atomic E-state index is 0.514. The van der Waals surface area contributed by atoms with E-state index in [1.54, 1.807) is 0 Å². The maximum Gasteiger partial charge on any atom is 0.0344 e. The van der Waals surface area contributed by atoms with Crippen molar-refractivity contribution in [3.63, 3.8) is 0 Å². The highest BCUT2D eigenvalue weighted by Crippen LogP contribution is 2.40. The van der Waals surface area contributed by atoms with Crippen molar-refractivity contribution in [2.45, 2.75) is 18.4 Å². The summed E-state index contributed by atoms with van der Waals surface area (Å²) in [5.74, 6) is 0.933. The normalized spacial score (nSPS) is 48.3. The third-order valence-electron chi connectivity index (χ3n) is 3.05. The number of fused-ring (bicyclic) bond motifs is 1. The Bertz CT molecular complexity index is 120. The van der Waals surface area contributed by atoms with Crippen LogP contribution in [-0.2, 0) is 0 Å². The van der Waals surface area contributed by atoms with Crippen LogP contribution in [0.15, 0.2) is 0 Å². The zero-order valence-electron chi connectivity index (χ0n) is 5.91.